The first kappa shape index (κ1) is 17.2. The number of nitrogens with one attached hydrogen (secondary N) is 1. The first-order chi connectivity index (χ1) is 10.4. The van der Waals surface area contributed by atoms with Crippen LogP contribution in [0.2, 0.25) is 0 Å². The van der Waals surface area contributed by atoms with Gasteiger partial charge in [-0.05, 0) is 43.5 Å². The number of sulfonamides is 1. The van der Waals surface area contributed by atoms with E-state index in [1.165, 1.54) is 13.2 Å². The van der Waals surface area contributed by atoms with Crippen LogP contribution >= 0.6 is 0 Å². The summed E-state index contributed by atoms with van der Waals surface area (Å²) >= 11 is 0. The predicted molar refractivity (Wildman–Crippen MR) is 82.5 cm³/mol. The van der Waals surface area contributed by atoms with E-state index in [4.69, 9.17) is 9.47 Å². The lowest BCUT2D eigenvalue weighted by molar-refractivity contribution is -0.0126. The molecule has 0 spiro atoms. The van der Waals surface area contributed by atoms with Crippen LogP contribution in [0.1, 0.15) is 18.4 Å². The van der Waals surface area contributed by atoms with Crippen molar-refractivity contribution in [2.45, 2.75) is 24.7 Å². The molecular weight excluding hydrogens is 306 g/mol. The summed E-state index contributed by atoms with van der Waals surface area (Å²) in [6.45, 7) is 2.97. The van der Waals surface area contributed by atoms with Gasteiger partial charge in [0.15, 0.2) is 0 Å². The minimum absolute atomic E-state index is 0.0551. The third kappa shape index (κ3) is 3.78. The van der Waals surface area contributed by atoms with E-state index in [1.54, 1.807) is 19.1 Å². The third-order valence-electron chi connectivity index (χ3n) is 4.20. The highest BCUT2D eigenvalue weighted by Crippen LogP contribution is 2.30. The van der Waals surface area contributed by atoms with Crippen LogP contribution in [0.25, 0.3) is 0 Å². The van der Waals surface area contributed by atoms with Gasteiger partial charge in [0.2, 0.25) is 10.0 Å². The topological polar surface area (TPSA) is 84.9 Å². The Hall–Kier alpha value is -1.15. The number of benzene rings is 1. The van der Waals surface area contributed by atoms with Crippen molar-refractivity contribution in [3.05, 3.63) is 23.8 Å². The number of aliphatic hydroxyl groups excluding tert-OH is 1. The Labute approximate surface area is 131 Å². The molecule has 1 aliphatic heterocycles. The maximum atomic E-state index is 12.5. The van der Waals surface area contributed by atoms with Crippen molar-refractivity contribution in [1.29, 1.82) is 0 Å². The Morgan fingerprint density at radius 1 is 1.36 bits per heavy atom. The largest absolute Gasteiger partial charge is 0.497 e. The van der Waals surface area contributed by atoms with Crippen LogP contribution in [0, 0.1) is 12.3 Å². The Morgan fingerprint density at radius 2 is 2.05 bits per heavy atom. The van der Waals surface area contributed by atoms with Crippen LogP contribution in [0.5, 0.6) is 5.75 Å². The number of aliphatic hydroxyl groups is 1. The molecule has 1 fully saturated rings. The molecule has 124 valence electrons. The fraction of sp³-hybridized carbons (Fsp3) is 0.600. The second-order valence-electron chi connectivity index (χ2n) is 5.73. The average Bonchev–Trinajstić information content (AvgIpc) is 2.53. The summed E-state index contributed by atoms with van der Waals surface area (Å²) < 4.78 is 38.0. The van der Waals surface area contributed by atoms with Gasteiger partial charge in [-0.3, -0.25) is 0 Å². The minimum atomic E-state index is -3.62. The Bertz CT molecular complexity index is 608. The van der Waals surface area contributed by atoms with E-state index < -0.39 is 15.4 Å². The van der Waals surface area contributed by atoms with Crippen LogP contribution in [-0.2, 0) is 14.8 Å². The van der Waals surface area contributed by atoms with Crippen molar-refractivity contribution in [3.8, 4) is 5.75 Å². The number of hydrogen-bond donors (Lipinski definition) is 2. The molecule has 0 radical (unpaired) electrons. The number of hydrogen-bond acceptors (Lipinski definition) is 5. The summed E-state index contributed by atoms with van der Waals surface area (Å²) in [7, 11) is -2.08. The molecule has 7 heteroatoms. The Kier molecular flexibility index (Phi) is 5.44. The molecule has 1 aromatic carbocycles. The summed E-state index contributed by atoms with van der Waals surface area (Å²) in [5, 5.41) is 9.62. The van der Waals surface area contributed by atoms with Gasteiger partial charge in [-0.25, -0.2) is 13.1 Å². The van der Waals surface area contributed by atoms with Crippen molar-refractivity contribution in [3.63, 3.8) is 0 Å². The van der Waals surface area contributed by atoms with Crippen molar-refractivity contribution >= 4 is 10.0 Å². The number of aryl methyl sites for hydroxylation is 1. The Morgan fingerprint density at radius 3 is 2.59 bits per heavy atom. The van der Waals surface area contributed by atoms with Gasteiger partial charge in [0.1, 0.15) is 5.75 Å². The predicted octanol–water partition coefficient (Wildman–Crippen LogP) is 1.07. The van der Waals surface area contributed by atoms with E-state index in [2.05, 4.69) is 4.72 Å². The van der Waals surface area contributed by atoms with Crippen molar-refractivity contribution in [2.75, 3.05) is 33.5 Å². The van der Waals surface area contributed by atoms with Gasteiger partial charge in [-0.2, -0.15) is 0 Å². The van der Waals surface area contributed by atoms with Crippen molar-refractivity contribution in [1.82, 2.24) is 4.72 Å². The monoisotopic (exact) mass is 329 g/mol. The average molecular weight is 329 g/mol. The summed E-state index contributed by atoms with van der Waals surface area (Å²) in [4.78, 5) is 0.230. The van der Waals surface area contributed by atoms with Gasteiger partial charge >= 0.3 is 0 Å². The van der Waals surface area contributed by atoms with Gasteiger partial charge < -0.3 is 14.6 Å². The SMILES string of the molecule is COc1ccc(S(=O)(=O)NCC2(CO)CCOCC2)c(C)c1. The molecular formula is C15H23NO5S. The molecule has 0 bridgehead atoms. The van der Waals surface area contributed by atoms with E-state index in [-0.39, 0.29) is 18.0 Å². The lowest BCUT2D eigenvalue weighted by Crippen LogP contribution is -2.43. The molecule has 2 N–H and O–H groups in total. The summed E-state index contributed by atoms with van der Waals surface area (Å²) in [6, 6.07) is 4.84. The standard InChI is InChI=1S/C15H23NO5S/c1-12-9-13(20-2)3-4-14(12)22(18,19)16-10-15(11-17)5-7-21-8-6-15/h3-4,9,16-17H,5-8,10-11H2,1-2H3. The molecule has 1 heterocycles. The van der Waals surface area contributed by atoms with E-state index in [0.717, 1.165) is 0 Å². The van der Waals surface area contributed by atoms with Crippen LogP contribution in [0.3, 0.4) is 0 Å². The second-order valence-corrected chi connectivity index (χ2v) is 7.46. The van der Waals surface area contributed by atoms with Crippen molar-refractivity contribution in [2.24, 2.45) is 5.41 Å². The smallest absolute Gasteiger partial charge is 0.240 e. The van der Waals surface area contributed by atoms with Gasteiger partial charge in [0, 0.05) is 25.2 Å². The maximum Gasteiger partial charge on any atom is 0.240 e. The molecule has 1 saturated heterocycles. The van der Waals surface area contributed by atoms with Crippen molar-refractivity contribution < 1.29 is 23.0 Å². The first-order valence-corrected chi connectivity index (χ1v) is 8.74. The number of ether oxygens (including phenoxy) is 2. The van der Waals surface area contributed by atoms with Gasteiger partial charge in [-0.15, -0.1) is 0 Å². The fourth-order valence-corrected chi connectivity index (χ4v) is 3.95. The normalized spacial score (nSPS) is 18.1. The molecule has 2 rings (SSSR count). The molecule has 0 aliphatic carbocycles. The summed E-state index contributed by atoms with van der Waals surface area (Å²) in [5.41, 5.74) is 0.183. The molecule has 0 amide bonds. The van der Waals surface area contributed by atoms with E-state index >= 15 is 0 Å². The molecule has 1 aromatic rings. The first-order valence-electron chi connectivity index (χ1n) is 7.25. The number of rotatable bonds is 6. The van der Waals surface area contributed by atoms with E-state index in [0.29, 0.717) is 37.4 Å². The highest BCUT2D eigenvalue weighted by Gasteiger charge is 2.33. The lowest BCUT2D eigenvalue weighted by atomic mass is 9.81. The van der Waals surface area contributed by atoms with Crippen LogP contribution < -0.4 is 9.46 Å². The quantitative estimate of drug-likeness (QED) is 0.815. The number of methoxy groups -OCH3 is 1. The van der Waals surface area contributed by atoms with E-state index in [1.807, 2.05) is 0 Å². The summed E-state index contributed by atoms with van der Waals surface area (Å²) in [5.74, 6) is 0.618. The molecule has 1 aliphatic rings. The van der Waals surface area contributed by atoms with Crippen LogP contribution in [-0.4, -0.2) is 47.0 Å². The molecule has 0 saturated carbocycles. The summed E-state index contributed by atoms with van der Waals surface area (Å²) in [6.07, 6.45) is 1.29. The van der Waals surface area contributed by atoms with Crippen LogP contribution in [0.15, 0.2) is 23.1 Å². The van der Waals surface area contributed by atoms with Gasteiger partial charge in [-0.1, -0.05) is 0 Å². The zero-order valence-electron chi connectivity index (χ0n) is 13.0. The highest BCUT2D eigenvalue weighted by atomic mass is 32.2. The van der Waals surface area contributed by atoms with Crippen LogP contribution in [0.4, 0.5) is 0 Å². The van der Waals surface area contributed by atoms with Gasteiger partial charge in [0.25, 0.3) is 0 Å². The molecule has 0 aromatic heterocycles. The Balaban J connectivity index is 2.14. The zero-order chi connectivity index (χ0) is 16.2. The van der Waals surface area contributed by atoms with E-state index in [9.17, 15) is 13.5 Å². The molecule has 0 unspecified atom stereocenters. The second kappa shape index (κ2) is 6.95. The lowest BCUT2D eigenvalue weighted by Gasteiger charge is -2.35. The van der Waals surface area contributed by atoms with Gasteiger partial charge in [0.05, 0.1) is 18.6 Å². The maximum absolute atomic E-state index is 12.5. The molecule has 6 nitrogen and oxygen atoms in total. The highest BCUT2D eigenvalue weighted by molar-refractivity contribution is 7.89. The zero-order valence-corrected chi connectivity index (χ0v) is 13.8. The molecule has 22 heavy (non-hydrogen) atoms. The minimum Gasteiger partial charge on any atom is -0.497 e. The third-order valence-corrected chi connectivity index (χ3v) is 5.76. The fourth-order valence-electron chi connectivity index (χ4n) is 2.57. The molecule has 0 atom stereocenters.